The standard InChI is InChI=1S/C24H25O2S/c1-17-8-11-20(16-17)24(2,3)26-23(25)19-9-12-21(13-10-19)27-15-14-18-6-4-5-7-22(18)27/h4-15,17,20H,16H2,1-3H3/q+1. The Labute approximate surface area is 163 Å². The molecule has 0 fully saturated rings. The van der Waals surface area contributed by atoms with E-state index in [0.29, 0.717) is 11.5 Å². The van der Waals surface area contributed by atoms with Crippen LogP contribution in [0.2, 0.25) is 0 Å². The Hall–Kier alpha value is -2.39. The van der Waals surface area contributed by atoms with Gasteiger partial charge in [-0.3, -0.25) is 0 Å². The first-order valence-corrected chi connectivity index (χ1v) is 10.7. The number of esters is 1. The maximum Gasteiger partial charge on any atom is 0.338 e. The Morgan fingerprint density at radius 1 is 1.04 bits per heavy atom. The number of hydrogen-bond acceptors (Lipinski definition) is 2. The van der Waals surface area contributed by atoms with Gasteiger partial charge in [0.05, 0.1) is 5.56 Å². The molecule has 2 nitrogen and oxygen atoms in total. The second-order valence-electron chi connectivity index (χ2n) is 7.90. The minimum absolute atomic E-state index is 0.0539. The molecule has 0 saturated heterocycles. The Morgan fingerprint density at radius 2 is 1.78 bits per heavy atom. The lowest BCUT2D eigenvalue weighted by molar-refractivity contribution is -0.0211. The lowest BCUT2D eigenvalue weighted by Gasteiger charge is -2.31. The van der Waals surface area contributed by atoms with Gasteiger partial charge in [-0.1, -0.05) is 31.2 Å². The number of carbonyl (C=O) groups is 1. The summed E-state index contributed by atoms with van der Waals surface area (Å²) in [6, 6.07) is 18.5. The summed E-state index contributed by atoms with van der Waals surface area (Å²) in [4.78, 5) is 13.9. The maximum absolute atomic E-state index is 12.7. The monoisotopic (exact) mass is 377 g/mol. The summed E-state index contributed by atoms with van der Waals surface area (Å²) < 4.78 is 7.22. The fraction of sp³-hybridized carbons (Fsp3) is 0.292. The zero-order chi connectivity index (χ0) is 19.0. The molecule has 0 saturated carbocycles. The van der Waals surface area contributed by atoms with Gasteiger partial charge in [0.15, 0.2) is 9.60 Å². The quantitative estimate of drug-likeness (QED) is 0.286. The second-order valence-corrected chi connectivity index (χ2v) is 9.76. The van der Waals surface area contributed by atoms with Crippen LogP contribution in [0, 0.1) is 11.8 Å². The fourth-order valence-corrected chi connectivity index (χ4v) is 5.63. The molecular formula is C24H25O2S+. The molecule has 1 aromatic heterocycles. The van der Waals surface area contributed by atoms with Crippen molar-refractivity contribution in [3.8, 4) is 4.90 Å². The van der Waals surface area contributed by atoms with Crippen molar-refractivity contribution in [3.63, 3.8) is 0 Å². The van der Waals surface area contributed by atoms with Crippen LogP contribution in [-0.2, 0) is 4.74 Å². The van der Waals surface area contributed by atoms with Crippen molar-refractivity contribution in [1.82, 2.24) is 0 Å². The Bertz CT molecular complexity index is 995. The number of fused-ring (bicyclic) bond motifs is 1. The molecule has 1 aliphatic carbocycles. The topological polar surface area (TPSA) is 26.3 Å². The Balaban J connectivity index is 1.52. The number of thiophene rings is 1. The third-order valence-corrected chi connectivity index (χ3v) is 7.46. The molecular weight excluding hydrogens is 352 g/mol. The van der Waals surface area contributed by atoms with Gasteiger partial charge < -0.3 is 4.74 Å². The van der Waals surface area contributed by atoms with Gasteiger partial charge in [0.2, 0.25) is 0 Å². The molecule has 3 heteroatoms. The van der Waals surface area contributed by atoms with E-state index >= 15 is 0 Å². The number of ether oxygens (including phenoxy) is 1. The molecule has 3 aromatic rings. The molecule has 2 aromatic carbocycles. The first-order chi connectivity index (χ1) is 12.9. The van der Waals surface area contributed by atoms with E-state index in [1.54, 1.807) is 0 Å². The normalized spacial score (nSPS) is 20.2. The molecule has 0 amide bonds. The summed E-state index contributed by atoms with van der Waals surface area (Å²) in [6.07, 6.45) is 5.43. The largest absolute Gasteiger partial charge is 0.455 e. The van der Waals surface area contributed by atoms with Gasteiger partial charge in [-0.05, 0) is 62.6 Å². The third-order valence-electron chi connectivity index (χ3n) is 5.43. The number of benzene rings is 2. The zero-order valence-electron chi connectivity index (χ0n) is 16.0. The van der Waals surface area contributed by atoms with Crippen LogP contribution in [0.1, 0.15) is 37.6 Å². The highest BCUT2D eigenvalue weighted by molar-refractivity contribution is 7.43. The first kappa shape index (κ1) is 18.0. The van der Waals surface area contributed by atoms with Crippen LogP contribution in [0.25, 0.3) is 15.0 Å². The highest BCUT2D eigenvalue weighted by Crippen LogP contribution is 2.39. The molecule has 27 heavy (non-hydrogen) atoms. The Kier molecular flexibility index (Phi) is 4.65. The molecule has 0 N–H and O–H groups in total. The van der Waals surface area contributed by atoms with Gasteiger partial charge in [0.1, 0.15) is 11.0 Å². The lowest BCUT2D eigenvalue weighted by Crippen LogP contribution is -2.35. The van der Waals surface area contributed by atoms with E-state index in [1.807, 2.05) is 26.0 Å². The van der Waals surface area contributed by atoms with Crippen LogP contribution in [0.4, 0.5) is 0 Å². The van der Waals surface area contributed by atoms with Crippen LogP contribution >= 0.6 is 10.5 Å². The summed E-state index contributed by atoms with van der Waals surface area (Å²) in [5.41, 5.74) is 0.119. The maximum atomic E-state index is 12.7. The van der Waals surface area contributed by atoms with Crippen molar-refractivity contribution in [1.29, 1.82) is 0 Å². The molecule has 0 spiro atoms. The highest BCUT2D eigenvalue weighted by Gasteiger charge is 2.35. The molecule has 0 bridgehead atoms. The lowest BCUT2D eigenvalue weighted by atomic mass is 9.88. The van der Waals surface area contributed by atoms with E-state index < -0.39 is 5.60 Å². The molecule has 0 radical (unpaired) electrons. The molecule has 1 aliphatic rings. The minimum Gasteiger partial charge on any atom is -0.455 e. The SMILES string of the molecule is CC1C=CC(C(C)(C)OC(=O)c2ccc(-[s+]3ccc4ccccc43)cc2)C1. The third kappa shape index (κ3) is 3.57. The van der Waals surface area contributed by atoms with Gasteiger partial charge in [0.25, 0.3) is 0 Å². The van der Waals surface area contributed by atoms with E-state index in [1.165, 1.54) is 15.0 Å². The van der Waals surface area contributed by atoms with E-state index in [9.17, 15) is 4.79 Å². The molecule has 3 unspecified atom stereocenters. The predicted molar refractivity (Wildman–Crippen MR) is 114 cm³/mol. The number of allylic oxidation sites excluding steroid dienone is 1. The summed E-state index contributed by atoms with van der Waals surface area (Å²) in [5.74, 6) is 0.582. The van der Waals surface area contributed by atoms with Crippen molar-refractivity contribution in [2.45, 2.75) is 32.8 Å². The second kappa shape index (κ2) is 6.97. The molecule has 3 atom stereocenters. The van der Waals surface area contributed by atoms with Crippen LogP contribution in [-0.4, -0.2) is 11.6 Å². The van der Waals surface area contributed by atoms with Crippen molar-refractivity contribution < 1.29 is 9.53 Å². The van der Waals surface area contributed by atoms with Crippen LogP contribution < -0.4 is 0 Å². The molecule has 138 valence electrons. The van der Waals surface area contributed by atoms with Gasteiger partial charge >= 0.3 is 5.97 Å². The van der Waals surface area contributed by atoms with E-state index in [4.69, 9.17) is 4.74 Å². The van der Waals surface area contributed by atoms with Gasteiger partial charge in [-0.2, -0.15) is 0 Å². The average molecular weight is 378 g/mol. The number of carbonyl (C=O) groups excluding carboxylic acids is 1. The van der Waals surface area contributed by atoms with Crippen LogP contribution in [0.3, 0.4) is 0 Å². The van der Waals surface area contributed by atoms with Crippen molar-refractivity contribution >= 4 is 26.5 Å². The molecule has 0 aliphatic heterocycles. The predicted octanol–water partition coefficient (Wildman–Crippen LogP) is 6.73. The van der Waals surface area contributed by atoms with Gasteiger partial charge in [-0.15, -0.1) is 0 Å². The van der Waals surface area contributed by atoms with E-state index in [0.717, 1.165) is 6.42 Å². The highest BCUT2D eigenvalue weighted by atomic mass is 32.2. The fourth-order valence-electron chi connectivity index (χ4n) is 3.75. The minimum atomic E-state index is -0.494. The van der Waals surface area contributed by atoms with E-state index in [2.05, 4.69) is 66.9 Å². The first-order valence-electron chi connectivity index (χ1n) is 9.46. The van der Waals surface area contributed by atoms with Crippen LogP contribution in [0.15, 0.2) is 72.1 Å². The average Bonchev–Trinajstić information content (AvgIpc) is 3.28. The van der Waals surface area contributed by atoms with Crippen molar-refractivity contribution in [2.24, 2.45) is 11.8 Å². The van der Waals surface area contributed by atoms with Gasteiger partial charge in [-0.25, -0.2) is 4.79 Å². The summed E-state index contributed by atoms with van der Waals surface area (Å²) in [6.45, 7) is 6.21. The number of rotatable bonds is 4. The van der Waals surface area contributed by atoms with Gasteiger partial charge in [0, 0.05) is 27.8 Å². The van der Waals surface area contributed by atoms with Crippen LogP contribution in [0.5, 0.6) is 0 Å². The molecule has 1 heterocycles. The zero-order valence-corrected chi connectivity index (χ0v) is 16.8. The summed E-state index contributed by atoms with van der Waals surface area (Å²) in [7, 11) is -0.0539. The van der Waals surface area contributed by atoms with Crippen molar-refractivity contribution in [2.75, 3.05) is 0 Å². The summed E-state index contributed by atoms with van der Waals surface area (Å²) >= 11 is 0. The molecule has 4 rings (SSSR count). The number of hydrogen-bond donors (Lipinski definition) is 0. The van der Waals surface area contributed by atoms with Crippen molar-refractivity contribution in [3.05, 3.63) is 77.7 Å². The smallest absolute Gasteiger partial charge is 0.338 e. The Morgan fingerprint density at radius 3 is 2.48 bits per heavy atom. The summed E-state index contributed by atoms with van der Waals surface area (Å²) in [5, 5.41) is 3.53. The van der Waals surface area contributed by atoms with E-state index in [-0.39, 0.29) is 22.4 Å².